The van der Waals surface area contributed by atoms with Crippen molar-refractivity contribution in [2.75, 3.05) is 23.9 Å². The van der Waals surface area contributed by atoms with Crippen LogP contribution in [0.25, 0.3) is 0 Å². The van der Waals surface area contributed by atoms with Gasteiger partial charge in [0.2, 0.25) is 5.91 Å². The second kappa shape index (κ2) is 8.78. The van der Waals surface area contributed by atoms with Crippen molar-refractivity contribution in [1.29, 1.82) is 0 Å². The summed E-state index contributed by atoms with van der Waals surface area (Å²) in [6.07, 6.45) is 2.41. The Morgan fingerprint density at radius 2 is 1.96 bits per heavy atom. The number of ether oxygens (including phenoxy) is 1. The van der Waals surface area contributed by atoms with Gasteiger partial charge < -0.3 is 20.3 Å². The van der Waals surface area contributed by atoms with E-state index in [0.717, 1.165) is 24.0 Å². The Hall–Kier alpha value is -3.02. The number of benzene rings is 2. The van der Waals surface area contributed by atoms with Crippen molar-refractivity contribution in [1.82, 2.24) is 5.32 Å². The lowest BCUT2D eigenvalue weighted by Gasteiger charge is -2.28. The summed E-state index contributed by atoms with van der Waals surface area (Å²) < 4.78 is 5.41. The average molecular weight is 381 g/mol. The monoisotopic (exact) mass is 381 g/mol. The number of amides is 3. The van der Waals surface area contributed by atoms with Crippen molar-refractivity contribution in [3.05, 3.63) is 53.1 Å². The zero-order valence-corrected chi connectivity index (χ0v) is 16.7. The van der Waals surface area contributed by atoms with E-state index in [2.05, 4.69) is 16.7 Å². The lowest BCUT2D eigenvalue weighted by Crippen LogP contribution is -2.35. The highest BCUT2D eigenvalue weighted by molar-refractivity contribution is 5.97. The van der Waals surface area contributed by atoms with Crippen LogP contribution in [0, 0.1) is 13.8 Å². The van der Waals surface area contributed by atoms with Gasteiger partial charge in [-0.15, -0.1) is 0 Å². The third-order valence-electron chi connectivity index (χ3n) is 4.99. The van der Waals surface area contributed by atoms with Crippen LogP contribution in [0.15, 0.2) is 36.4 Å². The summed E-state index contributed by atoms with van der Waals surface area (Å²) in [6.45, 7) is 5.20. The zero-order chi connectivity index (χ0) is 20.1. The average Bonchev–Trinajstić information content (AvgIpc) is 2.67. The largest absolute Gasteiger partial charge is 0.495 e. The number of aryl methyl sites for hydroxylation is 2. The SMILES string of the molecule is COc1ccc(NC(=O)NCc2ccc(C)cc2C)cc1N1CCCCC1=O. The van der Waals surface area contributed by atoms with Gasteiger partial charge >= 0.3 is 6.03 Å². The molecule has 0 aromatic heterocycles. The number of nitrogens with zero attached hydrogens (tertiary/aromatic N) is 1. The first-order valence-corrected chi connectivity index (χ1v) is 9.57. The molecule has 2 aromatic rings. The number of piperidine rings is 1. The van der Waals surface area contributed by atoms with Gasteiger partial charge in [0.05, 0.1) is 12.8 Å². The molecular weight excluding hydrogens is 354 g/mol. The maximum absolute atomic E-state index is 12.3. The fraction of sp³-hybridized carbons (Fsp3) is 0.364. The van der Waals surface area contributed by atoms with Gasteiger partial charge in [0.25, 0.3) is 0 Å². The minimum Gasteiger partial charge on any atom is -0.495 e. The molecule has 0 radical (unpaired) electrons. The molecule has 0 spiro atoms. The van der Waals surface area contributed by atoms with Crippen LogP contribution < -0.4 is 20.3 Å². The van der Waals surface area contributed by atoms with Crippen molar-refractivity contribution in [3.8, 4) is 5.75 Å². The second-order valence-corrected chi connectivity index (χ2v) is 7.13. The molecule has 6 heteroatoms. The summed E-state index contributed by atoms with van der Waals surface area (Å²) in [7, 11) is 1.58. The molecule has 1 fully saturated rings. The first-order chi connectivity index (χ1) is 13.5. The fourth-order valence-electron chi connectivity index (χ4n) is 3.43. The van der Waals surface area contributed by atoms with Gasteiger partial charge in [-0.3, -0.25) is 4.79 Å². The molecule has 1 saturated heterocycles. The van der Waals surface area contributed by atoms with Gasteiger partial charge in [0, 0.05) is 25.2 Å². The number of hydrogen-bond acceptors (Lipinski definition) is 3. The number of urea groups is 1. The summed E-state index contributed by atoms with van der Waals surface area (Å²) in [5, 5.41) is 5.73. The van der Waals surface area contributed by atoms with Crippen LogP contribution in [0.3, 0.4) is 0 Å². The molecule has 1 aliphatic rings. The lowest BCUT2D eigenvalue weighted by molar-refractivity contribution is -0.119. The normalized spacial score (nSPS) is 14.0. The first-order valence-electron chi connectivity index (χ1n) is 9.57. The number of nitrogens with one attached hydrogen (secondary N) is 2. The Bertz CT molecular complexity index is 879. The number of carbonyl (C=O) groups excluding carboxylic acids is 2. The molecule has 0 aliphatic carbocycles. The zero-order valence-electron chi connectivity index (χ0n) is 16.7. The van der Waals surface area contributed by atoms with Crippen LogP contribution >= 0.6 is 0 Å². The van der Waals surface area contributed by atoms with E-state index in [1.54, 1.807) is 30.2 Å². The second-order valence-electron chi connectivity index (χ2n) is 7.13. The Labute approximate surface area is 165 Å². The van der Waals surface area contributed by atoms with Crippen molar-refractivity contribution in [2.24, 2.45) is 0 Å². The van der Waals surface area contributed by atoms with Crippen LogP contribution in [0.1, 0.15) is 36.0 Å². The fourth-order valence-corrected chi connectivity index (χ4v) is 3.43. The topological polar surface area (TPSA) is 70.7 Å². The molecule has 3 rings (SSSR count). The molecule has 3 amide bonds. The molecule has 1 aliphatic heterocycles. The maximum atomic E-state index is 12.3. The third-order valence-corrected chi connectivity index (χ3v) is 4.99. The Morgan fingerprint density at radius 1 is 1.14 bits per heavy atom. The Balaban J connectivity index is 1.68. The molecule has 1 heterocycles. The van der Waals surface area contributed by atoms with Crippen molar-refractivity contribution in [3.63, 3.8) is 0 Å². The minimum atomic E-state index is -0.291. The van der Waals surface area contributed by atoms with E-state index < -0.39 is 0 Å². The molecule has 2 aromatic carbocycles. The molecule has 2 N–H and O–H groups in total. The lowest BCUT2D eigenvalue weighted by atomic mass is 10.1. The van der Waals surface area contributed by atoms with Crippen LogP contribution in [-0.4, -0.2) is 25.6 Å². The predicted octanol–water partition coefficient (Wildman–Crippen LogP) is 4.15. The van der Waals surface area contributed by atoms with E-state index in [1.165, 1.54) is 5.56 Å². The molecule has 6 nitrogen and oxygen atoms in total. The van der Waals surface area contributed by atoms with Crippen molar-refractivity contribution < 1.29 is 14.3 Å². The summed E-state index contributed by atoms with van der Waals surface area (Å²) in [5.41, 5.74) is 4.74. The quantitative estimate of drug-likeness (QED) is 0.817. The van der Waals surface area contributed by atoms with E-state index >= 15 is 0 Å². The van der Waals surface area contributed by atoms with Gasteiger partial charge in [-0.05, 0) is 56.0 Å². The van der Waals surface area contributed by atoms with Gasteiger partial charge in [-0.25, -0.2) is 4.79 Å². The molecule has 0 unspecified atom stereocenters. The Morgan fingerprint density at radius 3 is 2.68 bits per heavy atom. The Kier molecular flexibility index (Phi) is 6.19. The van der Waals surface area contributed by atoms with E-state index in [0.29, 0.717) is 36.6 Å². The highest BCUT2D eigenvalue weighted by Gasteiger charge is 2.23. The van der Waals surface area contributed by atoms with E-state index in [-0.39, 0.29) is 11.9 Å². The number of carbonyl (C=O) groups is 2. The molecular formula is C22H27N3O3. The van der Waals surface area contributed by atoms with E-state index in [1.807, 2.05) is 26.0 Å². The number of anilines is 2. The summed E-state index contributed by atoms with van der Waals surface area (Å²) >= 11 is 0. The number of hydrogen-bond donors (Lipinski definition) is 2. The van der Waals surface area contributed by atoms with Gasteiger partial charge in [-0.2, -0.15) is 0 Å². The van der Waals surface area contributed by atoms with Gasteiger partial charge in [-0.1, -0.05) is 23.8 Å². The first kappa shape index (κ1) is 19.7. The number of methoxy groups -OCH3 is 1. The van der Waals surface area contributed by atoms with Crippen molar-refractivity contribution >= 4 is 23.3 Å². The third kappa shape index (κ3) is 4.63. The minimum absolute atomic E-state index is 0.0843. The predicted molar refractivity (Wildman–Crippen MR) is 111 cm³/mol. The molecule has 148 valence electrons. The van der Waals surface area contributed by atoms with Crippen molar-refractivity contribution in [2.45, 2.75) is 39.7 Å². The summed E-state index contributed by atoms with van der Waals surface area (Å²) in [4.78, 5) is 26.4. The summed E-state index contributed by atoms with van der Waals surface area (Å²) in [6, 6.07) is 11.2. The van der Waals surface area contributed by atoms with Gasteiger partial charge in [0.15, 0.2) is 0 Å². The van der Waals surface area contributed by atoms with Gasteiger partial charge in [0.1, 0.15) is 5.75 Å². The van der Waals surface area contributed by atoms with Crippen LogP contribution in [0.4, 0.5) is 16.2 Å². The van der Waals surface area contributed by atoms with E-state index in [9.17, 15) is 9.59 Å². The standard InChI is InChI=1S/C22H27N3O3/c1-15-7-8-17(16(2)12-15)14-23-22(27)24-18-9-10-20(28-3)19(13-18)25-11-5-4-6-21(25)26/h7-10,12-13H,4-6,11,14H2,1-3H3,(H2,23,24,27). The van der Waals surface area contributed by atoms with Crippen LogP contribution in [0.5, 0.6) is 5.75 Å². The van der Waals surface area contributed by atoms with Crippen LogP contribution in [-0.2, 0) is 11.3 Å². The van der Waals surface area contributed by atoms with E-state index in [4.69, 9.17) is 4.74 Å². The summed E-state index contributed by atoms with van der Waals surface area (Å²) in [5.74, 6) is 0.706. The molecule has 0 saturated carbocycles. The smallest absolute Gasteiger partial charge is 0.319 e. The molecule has 0 atom stereocenters. The number of rotatable bonds is 5. The highest BCUT2D eigenvalue weighted by Crippen LogP contribution is 2.33. The van der Waals surface area contributed by atoms with Crippen LogP contribution in [0.2, 0.25) is 0 Å². The molecule has 28 heavy (non-hydrogen) atoms. The molecule has 0 bridgehead atoms. The maximum Gasteiger partial charge on any atom is 0.319 e. The highest BCUT2D eigenvalue weighted by atomic mass is 16.5.